The van der Waals surface area contributed by atoms with Crippen LogP contribution in [0.4, 0.5) is 10.3 Å². The summed E-state index contributed by atoms with van der Waals surface area (Å²) in [5, 5.41) is 3.15. The number of nitrogens with two attached hydrogens (primary N) is 1. The predicted octanol–water partition coefficient (Wildman–Crippen LogP) is 4.58. The maximum atomic E-state index is 13.7. The van der Waals surface area contributed by atoms with Crippen LogP contribution in [-0.4, -0.2) is 54.4 Å². The van der Waals surface area contributed by atoms with E-state index in [0.29, 0.717) is 17.4 Å². The Balaban J connectivity index is 1.50. The number of hydrogen-bond acceptors (Lipinski definition) is 8. The van der Waals surface area contributed by atoms with Gasteiger partial charge in [0.2, 0.25) is 5.95 Å². The second-order valence-electron chi connectivity index (χ2n) is 7.97. The highest BCUT2D eigenvalue weighted by atomic mass is 32.1. The summed E-state index contributed by atoms with van der Waals surface area (Å²) in [6.45, 7) is 6.24. The molecule has 0 saturated carbocycles. The third-order valence-electron chi connectivity index (χ3n) is 5.67. The van der Waals surface area contributed by atoms with Crippen LogP contribution in [0.2, 0.25) is 0 Å². The van der Waals surface area contributed by atoms with Gasteiger partial charge in [0, 0.05) is 41.0 Å². The second-order valence-corrected chi connectivity index (χ2v) is 9.23. The summed E-state index contributed by atoms with van der Waals surface area (Å²) in [4.78, 5) is 17.2. The quantitative estimate of drug-likeness (QED) is 0.353. The van der Waals surface area contributed by atoms with Crippen LogP contribution in [-0.2, 0) is 0 Å². The maximum absolute atomic E-state index is 13.7. The number of halogens is 1. The van der Waals surface area contributed by atoms with Crippen LogP contribution < -0.4 is 15.8 Å². The zero-order chi connectivity index (χ0) is 23.2. The van der Waals surface area contributed by atoms with E-state index in [0.717, 1.165) is 45.7 Å². The Bertz CT molecular complexity index is 1170. The third kappa shape index (κ3) is 5.48. The van der Waals surface area contributed by atoms with Crippen molar-refractivity contribution in [2.45, 2.75) is 26.2 Å². The van der Waals surface area contributed by atoms with E-state index >= 15 is 0 Å². The van der Waals surface area contributed by atoms with Crippen molar-refractivity contribution in [1.82, 2.24) is 14.9 Å². The average Bonchev–Trinajstić information content (AvgIpc) is 3.45. The number of allylic oxidation sites excluding steroid dienone is 1. The number of fused-ring (bicyclic) bond motifs is 1. The van der Waals surface area contributed by atoms with Crippen LogP contribution in [0.5, 0.6) is 5.75 Å². The molecule has 9 heteroatoms. The number of nitrogens with one attached hydrogen (secondary N) is 1. The first-order valence-electron chi connectivity index (χ1n) is 11.1. The Morgan fingerprint density at radius 1 is 1.36 bits per heavy atom. The van der Waals surface area contributed by atoms with Crippen LogP contribution >= 0.6 is 11.3 Å². The Hall–Kier alpha value is -3.04. The molecule has 33 heavy (non-hydrogen) atoms. The number of aromatic nitrogens is 2. The smallest absolute Gasteiger partial charge is 0.227 e. The molecule has 174 valence electrons. The third-order valence-corrected chi connectivity index (χ3v) is 6.70. The van der Waals surface area contributed by atoms with Gasteiger partial charge in [-0.05, 0) is 58.0 Å². The molecule has 0 unspecified atom stereocenters. The maximum Gasteiger partial charge on any atom is 0.227 e. The summed E-state index contributed by atoms with van der Waals surface area (Å²) < 4.78 is 20.1. The second kappa shape index (κ2) is 10.7. The fourth-order valence-corrected chi connectivity index (χ4v) is 5.05. The number of rotatable bonds is 9. The summed E-state index contributed by atoms with van der Waals surface area (Å²) in [5.41, 5.74) is 8.90. The van der Waals surface area contributed by atoms with E-state index < -0.39 is 0 Å². The van der Waals surface area contributed by atoms with E-state index in [2.05, 4.69) is 20.2 Å². The van der Waals surface area contributed by atoms with Crippen LogP contribution in [0.1, 0.15) is 24.1 Å². The number of anilines is 1. The van der Waals surface area contributed by atoms with E-state index in [1.807, 2.05) is 6.92 Å². The van der Waals surface area contributed by atoms with Crippen molar-refractivity contribution >= 4 is 33.7 Å². The molecular weight excluding hydrogens is 439 g/mol. The van der Waals surface area contributed by atoms with Gasteiger partial charge in [0.1, 0.15) is 11.6 Å². The molecule has 4 rings (SSSR count). The Kier molecular flexibility index (Phi) is 7.51. The summed E-state index contributed by atoms with van der Waals surface area (Å²) >= 11 is 1.59. The average molecular weight is 469 g/mol. The number of aryl methyl sites for hydroxylation is 1. The van der Waals surface area contributed by atoms with Crippen LogP contribution in [0.25, 0.3) is 21.3 Å². The molecule has 7 nitrogen and oxygen atoms in total. The fraction of sp³-hybridized carbons (Fsp3) is 0.375. The summed E-state index contributed by atoms with van der Waals surface area (Å²) in [6, 6.07) is 4.53. The van der Waals surface area contributed by atoms with Crippen LogP contribution in [0, 0.1) is 12.7 Å². The number of methoxy groups -OCH3 is 1. The van der Waals surface area contributed by atoms with Gasteiger partial charge in [-0.1, -0.05) is 0 Å². The summed E-state index contributed by atoms with van der Waals surface area (Å²) in [7, 11) is 1.53. The van der Waals surface area contributed by atoms with Gasteiger partial charge in [-0.25, -0.2) is 14.4 Å². The first-order valence-corrected chi connectivity index (χ1v) is 11.9. The van der Waals surface area contributed by atoms with E-state index in [1.165, 1.54) is 51.4 Å². The molecule has 0 amide bonds. The highest BCUT2D eigenvalue weighted by Crippen LogP contribution is 2.41. The van der Waals surface area contributed by atoms with Crippen molar-refractivity contribution in [3.63, 3.8) is 0 Å². The van der Waals surface area contributed by atoms with E-state index in [9.17, 15) is 4.39 Å². The van der Waals surface area contributed by atoms with Crippen LogP contribution in [0.15, 0.2) is 41.3 Å². The molecule has 0 atom stereocenters. The standard InChI is InChI=1S/C24H29FN6OS/c1-16-22(19-7-6-17(25)12-20(19)32-2)23-21(33-16)15-28-24(30-23)29-18(13-26)14-27-8-5-11-31-9-3-4-10-31/h6-7,12-15H,3-5,8-11,26H2,1-2H3,(H,28,29,30). The van der Waals surface area contributed by atoms with Gasteiger partial charge in [0.15, 0.2) is 0 Å². The van der Waals surface area contributed by atoms with Crippen molar-refractivity contribution in [1.29, 1.82) is 0 Å². The number of benzene rings is 1. The van der Waals surface area contributed by atoms with Crippen molar-refractivity contribution in [2.24, 2.45) is 10.7 Å². The largest absolute Gasteiger partial charge is 0.496 e. The molecule has 2 aromatic heterocycles. The van der Waals surface area contributed by atoms with E-state index in [4.69, 9.17) is 15.5 Å². The van der Waals surface area contributed by atoms with E-state index in [1.54, 1.807) is 29.8 Å². The van der Waals surface area contributed by atoms with Crippen molar-refractivity contribution < 1.29 is 9.13 Å². The Morgan fingerprint density at radius 2 is 2.18 bits per heavy atom. The predicted molar refractivity (Wildman–Crippen MR) is 134 cm³/mol. The highest BCUT2D eigenvalue weighted by Gasteiger charge is 2.18. The molecule has 0 bridgehead atoms. The SMILES string of the molecule is COc1cc(F)ccc1-c1c(C)sc2cnc(NC(C=NCCCN3CCCC3)=CN)nc12. The molecule has 1 aliphatic rings. The molecule has 3 aromatic rings. The molecule has 0 spiro atoms. The lowest BCUT2D eigenvalue weighted by atomic mass is 10.0. The van der Waals surface area contributed by atoms with Crippen LogP contribution in [0.3, 0.4) is 0 Å². The van der Waals surface area contributed by atoms with Crippen molar-refractivity contribution in [3.8, 4) is 16.9 Å². The number of hydrogen-bond donors (Lipinski definition) is 2. The van der Waals surface area contributed by atoms with Gasteiger partial charge in [-0.3, -0.25) is 4.99 Å². The summed E-state index contributed by atoms with van der Waals surface area (Å²) in [6.07, 6.45) is 8.59. The molecule has 3 heterocycles. The lowest BCUT2D eigenvalue weighted by Gasteiger charge is -2.12. The van der Waals surface area contributed by atoms with Crippen molar-refractivity contribution in [2.75, 3.05) is 38.6 Å². The monoisotopic (exact) mass is 468 g/mol. The first-order chi connectivity index (χ1) is 16.1. The molecule has 1 aliphatic heterocycles. The van der Waals surface area contributed by atoms with Crippen molar-refractivity contribution in [3.05, 3.63) is 47.0 Å². The van der Waals surface area contributed by atoms with E-state index in [-0.39, 0.29) is 5.82 Å². The number of ether oxygens (including phenoxy) is 1. The number of nitrogens with zero attached hydrogens (tertiary/aromatic N) is 4. The minimum Gasteiger partial charge on any atom is -0.496 e. The lowest BCUT2D eigenvalue weighted by Crippen LogP contribution is -2.20. The first kappa shape index (κ1) is 23.1. The minimum atomic E-state index is -0.345. The fourth-order valence-electron chi connectivity index (χ4n) is 4.06. The molecule has 1 fully saturated rings. The molecule has 0 radical (unpaired) electrons. The van der Waals surface area contributed by atoms with Gasteiger partial charge in [0.05, 0.1) is 29.2 Å². The number of aliphatic imine (C=N–C) groups is 1. The van der Waals surface area contributed by atoms with Gasteiger partial charge in [-0.2, -0.15) is 0 Å². The molecule has 1 aromatic carbocycles. The molecule has 3 N–H and O–H groups in total. The Morgan fingerprint density at radius 3 is 2.94 bits per heavy atom. The van der Waals surface area contributed by atoms with Gasteiger partial charge >= 0.3 is 0 Å². The molecular formula is C24H29FN6OS. The topological polar surface area (TPSA) is 88.7 Å². The summed E-state index contributed by atoms with van der Waals surface area (Å²) in [5.74, 6) is 0.541. The lowest BCUT2D eigenvalue weighted by molar-refractivity contribution is 0.336. The van der Waals surface area contributed by atoms with Gasteiger partial charge < -0.3 is 20.7 Å². The minimum absolute atomic E-state index is 0.345. The Labute approximate surface area is 197 Å². The molecule has 1 saturated heterocycles. The number of likely N-dealkylation sites (tertiary alicyclic amines) is 1. The van der Waals surface area contributed by atoms with Gasteiger partial charge in [0.25, 0.3) is 0 Å². The highest BCUT2D eigenvalue weighted by molar-refractivity contribution is 7.19. The normalized spacial score (nSPS) is 15.1. The zero-order valence-corrected chi connectivity index (χ0v) is 19.8. The van der Waals surface area contributed by atoms with Gasteiger partial charge in [-0.15, -0.1) is 11.3 Å². The zero-order valence-electron chi connectivity index (χ0n) is 19.0. The molecule has 0 aliphatic carbocycles. The number of thiophene rings is 1.